The second-order valence-corrected chi connectivity index (χ2v) is 12.3. The van der Waals surface area contributed by atoms with Crippen LogP contribution in [0, 0.1) is 11.3 Å². The van der Waals surface area contributed by atoms with Crippen LogP contribution in [-0.4, -0.2) is 51.5 Å². The van der Waals surface area contributed by atoms with Gasteiger partial charge in [-0.1, -0.05) is 36.6 Å². The molecule has 2 aromatic carbocycles. The van der Waals surface area contributed by atoms with E-state index in [2.05, 4.69) is 31.9 Å². The van der Waals surface area contributed by atoms with E-state index >= 15 is 0 Å². The molecule has 1 amide bonds. The van der Waals surface area contributed by atoms with Crippen molar-refractivity contribution < 1.29 is 19.4 Å². The second kappa shape index (κ2) is 10.7. The van der Waals surface area contributed by atoms with Gasteiger partial charge in [-0.05, 0) is 73.6 Å². The molecule has 3 aliphatic rings. The van der Waals surface area contributed by atoms with E-state index in [1.165, 1.54) is 5.56 Å². The Bertz CT molecular complexity index is 1640. The molecule has 7 rings (SSSR count). The van der Waals surface area contributed by atoms with Gasteiger partial charge >= 0.3 is 5.97 Å². The summed E-state index contributed by atoms with van der Waals surface area (Å²) in [5.74, 6) is 0.459. The molecule has 2 saturated heterocycles. The number of pyridine rings is 1. The van der Waals surface area contributed by atoms with Crippen LogP contribution in [-0.2, 0) is 4.79 Å². The fraction of sp³-hybridized carbons (Fsp3) is 0.364. The number of hydrogen-bond donors (Lipinski definition) is 2. The Labute approximate surface area is 249 Å². The van der Waals surface area contributed by atoms with E-state index in [9.17, 15) is 14.7 Å². The standard InChI is InChI=1S/C33H33ClN4O4/c34-24-5-3-22(4-6-24)29-33(12-1-2-13-33)32(41)38(29)20-21-10-15-37(16-11-21)25-7-8-27(31(39)40)28(18-25)42-26-17-23-9-14-35-30(23)36-19-26/h3-9,14,17-19,21,29H,1-2,10-13,15-16,20H2,(H,35,36)(H,39,40). The first kappa shape index (κ1) is 26.8. The lowest BCUT2D eigenvalue weighted by molar-refractivity contribution is -0.174. The summed E-state index contributed by atoms with van der Waals surface area (Å²) in [4.78, 5) is 37.3. The number of nitrogens with one attached hydrogen (secondary N) is 1. The van der Waals surface area contributed by atoms with Crippen molar-refractivity contribution in [3.63, 3.8) is 0 Å². The molecule has 1 atom stereocenters. The quantitative estimate of drug-likeness (QED) is 0.225. The van der Waals surface area contributed by atoms with Gasteiger partial charge in [-0.2, -0.15) is 0 Å². The predicted molar refractivity (Wildman–Crippen MR) is 161 cm³/mol. The van der Waals surface area contributed by atoms with Crippen LogP contribution in [0.2, 0.25) is 5.02 Å². The lowest BCUT2D eigenvalue weighted by Crippen LogP contribution is -2.63. The van der Waals surface area contributed by atoms with Gasteiger partial charge in [0.2, 0.25) is 5.91 Å². The van der Waals surface area contributed by atoms with Gasteiger partial charge in [0.25, 0.3) is 0 Å². The highest BCUT2D eigenvalue weighted by Gasteiger charge is 2.61. The number of hydrogen-bond acceptors (Lipinski definition) is 5. The summed E-state index contributed by atoms with van der Waals surface area (Å²) in [6.45, 7) is 2.42. The molecule has 3 fully saturated rings. The number of benzene rings is 2. The summed E-state index contributed by atoms with van der Waals surface area (Å²) in [6, 6.07) is 17.2. The summed E-state index contributed by atoms with van der Waals surface area (Å²) in [6.07, 6.45) is 9.48. The molecular weight excluding hydrogens is 552 g/mol. The first-order chi connectivity index (χ1) is 20.4. The Balaban J connectivity index is 1.04. The number of carbonyl (C=O) groups is 2. The molecule has 9 heteroatoms. The van der Waals surface area contributed by atoms with Crippen LogP contribution in [0.5, 0.6) is 11.5 Å². The van der Waals surface area contributed by atoms with Crippen molar-refractivity contribution in [2.75, 3.05) is 24.5 Å². The SMILES string of the molecule is O=C(O)c1ccc(N2CCC(CN3C(=O)C4(CCCC4)C3c3ccc(Cl)cc3)CC2)cc1Oc1cnc2[nH]ccc2c1. The van der Waals surface area contributed by atoms with E-state index in [0.29, 0.717) is 22.6 Å². The molecule has 1 aliphatic carbocycles. The molecule has 2 N–H and O–H groups in total. The van der Waals surface area contributed by atoms with Crippen LogP contribution in [0.4, 0.5) is 5.69 Å². The van der Waals surface area contributed by atoms with Crippen LogP contribution in [0.1, 0.15) is 60.5 Å². The van der Waals surface area contributed by atoms with Crippen molar-refractivity contribution in [2.45, 2.75) is 44.6 Å². The molecule has 4 aromatic rings. The Hall–Kier alpha value is -4.04. The Morgan fingerprint density at radius 1 is 1.07 bits per heavy atom. The van der Waals surface area contributed by atoms with Gasteiger partial charge in [-0.25, -0.2) is 9.78 Å². The first-order valence-corrected chi connectivity index (χ1v) is 15.1. The summed E-state index contributed by atoms with van der Waals surface area (Å²) in [7, 11) is 0. The third-order valence-electron chi connectivity index (χ3n) is 9.44. The molecule has 2 aliphatic heterocycles. The molecule has 8 nitrogen and oxygen atoms in total. The number of H-pyrrole nitrogens is 1. The number of aromatic amines is 1. The minimum Gasteiger partial charge on any atom is -0.478 e. The van der Waals surface area contributed by atoms with Crippen LogP contribution in [0.15, 0.2) is 67.0 Å². The molecular formula is C33H33ClN4O4. The highest BCUT2D eigenvalue weighted by molar-refractivity contribution is 6.30. The third-order valence-corrected chi connectivity index (χ3v) is 9.69. The summed E-state index contributed by atoms with van der Waals surface area (Å²) >= 11 is 6.18. The van der Waals surface area contributed by atoms with E-state index in [1.807, 2.05) is 36.4 Å². The number of nitrogens with zero attached hydrogens (tertiary/aromatic N) is 3. The van der Waals surface area contributed by atoms with Gasteiger partial charge < -0.3 is 24.6 Å². The molecule has 0 bridgehead atoms. The average molecular weight is 585 g/mol. The number of piperidine rings is 1. The number of halogens is 1. The van der Waals surface area contributed by atoms with E-state index in [-0.39, 0.29) is 22.8 Å². The summed E-state index contributed by atoms with van der Waals surface area (Å²) in [5, 5.41) is 11.4. The zero-order valence-corrected chi connectivity index (χ0v) is 24.0. The Morgan fingerprint density at radius 3 is 2.57 bits per heavy atom. The Kier molecular flexibility index (Phi) is 6.81. The molecule has 2 aromatic heterocycles. The molecule has 1 unspecified atom stereocenters. The van der Waals surface area contributed by atoms with Gasteiger partial charge in [-0.15, -0.1) is 0 Å². The first-order valence-electron chi connectivity index (χ1n) is 14.7. The third kappa shape index (κ3) is 4.67. The maximum atomic E-state index is 13.5. The molecule has 42 heavy (non-hydrogen) atoms. The fourth-order valence-corrected chi connectivity index (χ4v) is 7.43. The van der Waals surface area contributed by atoms with Crippen LogP contribution in [0.25, 0.3) is 11.0 Å². The minimum absolute atomic E-state index is 0.105. The number of carboxylic acids is 1. The normalized spacial score (nSPS) is 20.3. The summed E-state index contributed by atoms with van der Waals surface area (Å²) < 4.78 is 6.06. The lowest BCUT2D eigenvalue weighted by Gasteiger charge is -2.56. The fourth-order valence-electron chi connectivity index (χ4n) is 7.30. The van der Waals surface area contributed by atoms with Crippen molar-refractivity contribution in [3.8, 4) is 11.5 Å². The van der Waals surface area contributed by atoms with Crippen molar-refractivity contribution in [3.05, 3.63) is 83.1 Å². The van der Waals surface area contributed by atoms with E-state index in [1.54, 1.807) is 18.5 Å². The zero-order valence-electron chi connectivity index (χ0n) is 23.3. The number of carbonyl (C=O) groups excluding carboxylic acids is 1. The maximum absolute atomic E-state index is 13.5. The topological polar surface area (TPSA) is 98.8 Å². The maximum Gasteiger partial charge on any atom is 0.339 e. The number of fused-ring (bicyclic) bond motifs is 1. The van der Waals surface area contributed by atoms with Crippen LogP contribution in [0.3, 0.4) is 0 Å². The minimum atomic E-state index is -1.04. The monoisotopic (exact) mass is 584 g/mol. The average Bonchev–Trinajstić information content (AvgIpc) is 3.69. The molecule has 216 valence electrons. The molecule has 1 spiro atoms. The smallest absolute Gasteiger partial charge is 0.339 e. The van der Waals surface area contributed by atoms with Gasteiger partial charge in [0.1, 0.15) is 22.7 Å². The van der Waals surface area contributed by atoms with Gasteiger partial charge in [0.05, 0.1) is 17.7 Å². The number of aromatic carboxylic acids is 1. The number of ether oxygens (including phenoxy) is 1. The van der Waals surface area contributed by atoms with E-state index < -0.39 is 5.97 Å². The number of likely N-dealkylation sites (tertiary alicyclic amines) is 1. The van der Waals surface area contributed by atoms with Crippen molar-refractivity contribution >= 4 is 40.2 Å². The number of anilines is 1. The van der Waals surface area contributed by atoms with Crippen molar-refractivity contribution in [1.82, 2.24) is 14.9 Å². The van der Waals surface area contributed by atoms with E-state index in [0.717, 1.165) is 74.9 Å². The lowest BCUT2D eigenvalue weighted by atomic mass is 9.66. The number of β-lactam (4-membered cyclic amide) rings is 1. The predicted octanol–water partition coefficient (Wildman–Crippen LogP) is 7.07. The van der Waals surface area contributed by atoms with Crippen LogP contribution >= 0.6 is 11.6 Å². The summed E-state index contributed by atoms with van der Waals surface area (Å²) in [5.41, 5.74) is 2.73. The van der Waals surface area contributed by atoms with E-state index in [4.69, 9.17) is 16.3 Å². The zero-order chi connectivity index (χ0) is 28.8. The van der Waals surface area contributed by atoms with Gasteiger partial charge in [-0.3, -0.25) is 4.79 Å². The second-order valence-electron chi connectivity index (χ2n) is 11.9. The number of amides is 1. The Morgan fingerprint density at radius 2 is 1.83 bits per heavy atom. The molecule has 0 radical (unpaired) electrons. The number of carboxylic acid groups (broad SMARTS) is 1. The molecule has 4 heterocycles. The van der Waals surface area contributed by atoms with Gasteiger partial charge in [0.15, 0.2) is 0 Å². The molecule has 1 saturated carbocycles. The number of rotatable bonds is 7. The van der Waals surface area contributed by atoms with Crippen molar-refractivity contribution in [2.24, 2.45) is 11.3 Å². The largest absolute Gasteiger partial charge is 0.478 e. The highest BCUT2D eigenvalue weighted by atomic mass is 35.5. The van der Waals surface area contributed by atoms with Gasteiger partial charge in [0, 0.05) is 48.0 Å². The number of aromatic nitrogens is 2. The highest BCUT2D eigenvalue weighted by Crippen LogP contribution is 2.59. The van der Waals surface area contributed by atoms with Crippen molar-refractivity contribution in [1.29, 1.82) is 0 Å². The van der Waals surface area contributed by atoms with Crippen LogP contribution < -0.4 is 9.64 Å².